The fraction of sp³-hybridized carbons (Fsp3) is 0.348. The summed E-state index contributed by atoms with van der Waals surface area (Å²) in [6.45, 7) is 3.84. The van der Waals surface area contributed by atoms with Crippen LogP contribution in [0, 0.1) is 0 Å². The van der Waals surface area contributed by atoms with E-state index in [4.69, 9.17) is 11.6 Å². The van der Waals surface area contributed by atoms with Crippen molar-refractivity contribution in [2.75, 3.05) is 31.5 Å². The van der Waals surface area contributed by atoms with Crippen molar-refractivity contribution in [2.24, 2.45) is 0 Å². The first-order valence-electron chi connectivity index (χ1n) is 10.9. The lowest BCUT2D eigenvalue weighted by molar-refractivity contribution is 0.0663. The van der Waals surface area contributed by atoms with E-state index >= 15 is 0 Å². The fourth-order valence-corrected chi connectivity index (χ4v) is 3.86. The molecule has 0 bridgehead atoms. The fourth-order valence-electron chi connectivity index (χ4n) is 3.74. The molecule has 1 aliphatic rings. The third-order valence-corrected chi connectivity index (χ3v) is 5.84. The van der Waals surface area contributed by atoms with Crippen molar-refractivity contribution in [1.29, 1.82) is 0 Å². The highest BCUT2D eigenvalue weighted by Crippen LogP contribution is 2.15. The van der Waals surface area contributed by atoms with Crippen molar-refractivity contribution in [3.63, 3.8) is 0 Å². The standard InChI is InChI=1S/C23H25ClN6O3/c1-2-3-11-30-20-18(5-4-10-25-20)27-19(22(30)32)21(31)28-12-14-29(15-13-28)23(33)26-17-8-6-16(24)7-9-17/h4-10H,2-3,11-15H2,1H3,(H,26,33). The zero-order valence-electron chi connectivity index (χ0n) is 18.3. The predicted molar refractivity (Wildman–Crippen MR) is 127 cm³/mol. The number of pyridine rings is 1. The molecule has 172 valence electrons. The molecule has 1 aliphatic heterocycles. The monoisotopic (exact) mass is 468 g/mol. The van der Waals surface area contributed by atoms with Crippen LogP contribution in [0.5, 0.6) is 0 Å². The summed E-state index contributed by atoms with van der Waals surface area (Å²) in [6, 6.07) is 10.1. The molecule has 0 saturated carbocycles. The van der Waals surface area contributed by atoms with E-state index in [1.54, 1.807) is 52.4 Å². The third-order valence-electron chi connectivity index (χ3n) is 5.59. The van der Waals surface area contributed by atoms with Gasteiger partial charge in [-0.3, -0.25) is 14.2 Å². The molecule has 0 unspecified atom stereocenters. The number of aryl methyl sites for hydroxylation is 1. The summed E-state index contributed by atoms with van der Waals surface area (Å²) >= 11 is 5.88. The second-order valence-corrected chi connectivity index (χ2v) is 8.27. The molecule has 0 atom stereocenters. The first-order valence-corrected chi connectivity index (χ1v) is 11.3. The highest BCUT2D eigenvalue weighted by atomic mass is 35.5. The second kappa shape index (κ2) is 9.99. The number of hydrogen-bond acceptors (Lipinski definition) is 5. The summed E-state index contributed by atoms with van der Waals surface area (Å²) in [5.74, 6) is -0.422. The van der Waals surface area contributed by atoms with Gasteiger partial charge in [0.25, 0.3) is 11.5 Å². The van der Waals surface area contributed by atoms with Gasteiger partial charge in [0.15, 0.2) is 11.3 Å². The Bertz CT molecular complexity index is 1220. The zero-order valence-corrected chi connectivity index (χ0v) is 19.1. The molecule has 1 saturated heterocycles. The van der Waals surface area contributed by atoms with Gasteiger partial charge < -0.3 is 15.1 Å². The molecule has 2 aromatic heterocycles. The first-order chi connectivity index (χ1) is 16.0. The lowest BCUT2D eigenvalue weighted by Crippen LogP contribution is -2.52. The molecule has 1 aromatic carbocycles. The molecule has 3 aromatic rings. The molecule has 0 spiro atoms. The molecular weight excluding hydrogens is 444 g/mol. The number of hydrogen-bond donors (Lipinski definition) is 1. The maximum atomic E-state index is 13.2. The number of anilines is 1. The summed E-state index contributed by atoms with van der Waals surface area (Å²) in [5, 5.41) is 3.41. The number of benzene rings is 1. The molecular formula is C23H25ClN6O3. The summed E-state index contributed by atoms with van der Waals surface area (Å²) < 4.78 is 1.54. The van der Waals surface area contributed by atoms with Gasteiger partial charge in [-0.2, -0.15) is 0 Å². The summed E-state index contributed by atoms with van der Waals surface area (Å²) in [4.78, 5) is 50.7. The average Bonchev–Trinajstić information content (AvgIpc) is 2.84. The van der Waals surface area contributed by atoms with Crippen LogP contribution >= 0.6 is 11.6 Å². The van der Waals surface area contributed by atoms with Crippen molar-refractivity contribution in [3.05, 3.63) is 63.7 Å². The minimum absolute atomic E-state index is 0.106. The number of fused-ring (bicyclic) bond motifs is 1. The third kappa shape index (κ3) is 4.98. The first kappa shape index (κ1) is 22.7. The van der Waals surface area contributed by atoms with Gasteiger partial charge >= 0.3 is 6.03 Å². The van der Waals surface area contributed by atoms with Crippen molar-refractivity contribution >= 4 is 40.4 Å². The average molecular weight is 469 g/mol. The lowest BCUT2D eigenvalue weighted by atomic mass is 10.2. The van der Waals surface area contributed by atoms with Crippen molar-refractivity contribution in [3.8, 4) is 0 Å². The van der Waals surface area contributed by atoms with Crippen molar-refractivity contribution in [2.45, 2.75) is 26.3 Å². The van der Waals surface area contributed by atoms with Gasteiger partial charge in [0, 0.05) is 49.6 Å². The summed E-state index contributed by atoms with van der Waals surface area (Å²) in [7, 11) is 0. The van der Waals surface area contributed by atoms with E-state index in [9.17, 15) is 14.4 Å². The highest BCUT2D eigenvalue weighted by Gasteiger charge is 2.28. The summed E-state index contributed by atoms with van der Waals surface area (Å²) in [5.41, 5.74) is 1.10. The number of rotatable bonds is 5. The highest BCUT2D eigenvalue weighted by molar-refractivity contribution is 6.30. The number of amides is 3. The Morgan fingerprint density at radius 3 is 2.45 bits per heavy atom. The van der Waals surface area contributed by atoms with Gasteiger partial charge in [-0.15, -0.1) is 0 Å². The van der Waals surface area contributed by atoms with Gasteiger partial charge in [-0.05, 0) is 42.8 Å². The van der Waals surface area contributed by atoms with Crippen LogP contribution in [0.25, 0.3) is 11.2 Å². The largest absolute Gasteiger partial charge is 0.334 e. The normalized spacial score (nSPS) is 13.9. The van der Waals surface area contributed by atoms with E-state index in [0.29, 0.717) is 54.6 Å². The molecule has 0 aliphatic carbocycles. The molecule has 10 heteroatoms. The number of unbranched alkanes of at least 4 members (excludes halogenated alkanes) is 1. The lowest BCUT2D eigenvalue weighted by Gasteiger charge is -2.34. The van der Waals surface area contributed by atoms with Crippen LogP contribution in [0.2, 0.25) is 5.02 Å². The van der Waals surface area contributed by atoms with E-state index in [2.05, 4.69) is 15.3 Å². The second-order valence-electron chi connectivity index (χ2n) is 7.83. The van der Waals surface area contributed by atoms with E-state index in [0.717, 1.165) is 12.8 Å². The maximum Gasteiger partial charge on any atom is 0.321 e. The topological polar surface area (TPSA) is 100 Å². The van der Waals surface area contributed by atoms with Gasteiger partial charge in [0.1, 0.15) is 5.52 Å². The number of nitrogens with one attached hydrogen (secondary N) is 1. The number of carbonyl (C=O) groups is 2. The van der Waals surface area contributed by atoms with E-state index in [-0.39, 0.29) is 11.7 Å². The Balaban J connectivity index is 1.47. The van der Waals surface area contributed by atoms with Gasteiger partial charge in [-0.25, -0.2) is 14.8 Å². The quantitative estimate of drug-likeness (QED) is 0.619. The molecule has 0 radical (unpaired) electrons. The summed E-state index contributed by atoms with van der Waals surface area (Å²) in [6.07, 6.45) is 3.32. The molecule has 1 N–H and O–H groups in total. The van der Waals surface area contributed by atoms with Crippen LogP contribution in [-0.4, -0.2) is 62.5 Å². The van der Waals surface area contributed by atoms with Gasteiger partial charge in [0.2, 0.25) is 0 Å². The Morgan fingerprint density at radius 2 is 1.76 bits per heavy atom. The number of piperazine rings is 1. The van der Waals surface area contributed by atoms with Crippen molar-refractivity contribution < 1.29 is 9.59 Å². The maximum absolute atomic E-state index is 13.2. The SMILES string of the molecule is CCCCn1c(=O)c(C(=O)N2CCN(C(=O)Nc3ccc(Cl)cc3)CC2)nc2cccnc21. The minimum Gasteiger partial charge on any atom is -0.334 e. The van der Waals surface area contributed by atoms with E-state index < -0.39 is 11.5 Å². The van der Waals surface area contributed by atoms with Crippen LogP contribution in [0.15, 0.2) is 47.4 Å². The molecule has 4 rings (SSSR count). The van der Waals surface area contributed by atoms with Crippen LogP contribution in [-0.2, 0) is 6.54 Å². The Kier molecular flexibility index (Phi) is 6.88. The molecule has 3 amide bonds. The minimum atomic E-state index is -0.428. The predicted octanol–water partition coefficient (Wildman–Crippen LogP) is 3.23. The van der Waals surface area contributed by atoms with E-state index in [1.807, 2.05) is 6.92 Å². The molecule has 33 heavy (non-hydrogen) atoms. The number of urea groups is 1. The van der Waals surface area contributed by atoms with Crippen LogP contribution in [0.3, 0.4) is 0 Å². The number of aromatic nitrogens is 3. The van der Waals surface area contributed by atoms with Crippen LogP contribution in [0.4, 0.5) is 10.5 Å². The van der Waals surface area contributed by atoms with Gasteiger partial charge in [0.05, 0.1) is 0 Å². The number of nitrogens with zero attached hydrogens (tertiary/aromatic N) is 5. The van der Waals surface area contributed by atoms with Crippen molar-refractivity contribution in [1.82, 2.24) is 24.3 Å². The van der Waals surface area contributed by atoms with Crippen LogP contribution in [0.1, 0.15) is 30.3 Å². The van der Waals surface area contributed by atoms with Crippen LogP contribution < -0.4 is 10.9 Å². The molecule has 3 heterocycles. The number of carbonyl (C=O) groups excluding carboxylic acids is 2. The Morgan fingerprint density at radius 1 is 1.06 bits per heavy atom. The Hall–Kier alpha value is -3.46. The van der Waals surface area contributed by atoms with E-state index in [1.165, 1.54) is 4.57 Å². The smallest absolute Gasteiger partial charge is 0.321 e. The molecule has 9 nitrogen and oxygen atoms in total. The number of halogens is 1. The molecule has 1 fully saturated rings. The van der Waals surface area contributed by atoms with Gasteiger partial charge in [-0.1, -0.05) is 24.9 Å². The zero-order chi connectivity index (χ0) is 23.4. The Labute approximate surface area is 196 Å².